The molecular weight excluding hydrogens is 544 g/mol. The van der Waals surface area contributed by atoms with Crippen molar-refractivity contribution in [2.75, 3.05) is 14.2 Å². The van der Waals surface area contributed by atoms with E-state index in [1.165, 1.54) is 0 Å². The molecule has 0 atom stereocenters. The van der Waals surface area contributed by atoms with Crippen LogP contribution in [0.3, 0.4) is 0 Å². The van der Waals surface area contributed by atoms with Crippen LogP contribution in [-0.2, 0) is 26.2 Å². The predicted molar refractivity (Wildman–Crippen MR) is 154 cm³/mol. The van der Waals surface area contributed by atoms with Gasteiger partial charge in [0.2, 0.25) is 0 Å². The van der Waals surface area contributed by atoms with Crippen LogP contribution in [0.15, 0.2) is 48.5 Å². The van der Waals surface area contributed by atoms with Gasteiger partial charge in [-0.25, -0.2) is 24.3 Å². The zero-order chi connectivity index (χ0) is 27.3. The molecule has 2 rings (SSSR count). The maximum atomic E-state index is 8.25. The Bertz CT molecular complexity index is 635. The topological polar surface area (TPSA) is 52.6 Å². The predicted octanol–water partition coefficient (Wildman–Crippen LogP) is 3.82. The van der Waals surface area contributed by atoms with Gasteiger partial charge in [0, 0.05) is 0 Å². The van der Waals surface area contributed by atoms with E-state index in [4.69, 9.17) is 10.2 Å². The molecule has 200 valence electrons. The first kappa shape index (κ1) is 39.4. The Hall–Kier alpha value is -0.143. The first-order valence-electron chi connectivity index (χ1n) is 12.6. The van der Waals surface area contributed by atoms with Crippen molar-refractivity contribution < 1.29 is 36.4 Å². The Balaban J connectivity index is -0.000000499. The summed E-state index contributed by atoms with van der Waals surface area (Å²) in [6.45, 7) is 28.2. The van der Waals surface area contributed by atoms with E-state index in [-0.39, 0.29) is 26.2 Å². The van der Waals surface area contributed by atoms with Crippen molar-refractivity contribution in [3.63, 3.8) is 0 Å². The molecule has 4 nitrogen and oxygen atoms in total. The Morgan fingerprint density at radius 1 is 0.486 bits per heavy atom. The summed E-state index contributed by atoms with van der Waals surface area (Å²) in [5, 5.41) is 19.6. The van der Waals surface area contributed by atoms with E-state index in [0.29, 0.717) is 24.2 Å². The summed E-state index contributed by atoms with van der Waals surface area (Å²) in [6.07, 6.45) is 0. The van der Waals surface area contributed by atoms with E-state index >= 15 is 0 Å². The summed E-state index contributed by atoms with van der Waals surface area (Å²) < 4.78 is 5.39. The summed E-state index contributed by atoms with van der Waals surface area (Å²) in [5.74, 6) is 0. The monoisotopic (exact) mass is 596 g/mol. The number of hydrogen-bond acceptors (Lipinski definition) is 4. The van der Waals surface area contributed by atoms with Gasteiger partial charge in [-0.2, -0.15) is 38.5 Å². The molecule has 7 heteroatoms. The first-order chi connectivity index (χ1) is 15.7. The van der Waals surface area contributed by atoms with Crippen LogP contribution in [-0.4, -0.2) is 64.0 Å². The minimum atomic E-state index is -1.45. The Morgan fingerprint density at radius 2 is 0.657 bits per heavy atom. The zero-order valence-electron chi connectivity index (χ0n) is 25.1. The van der Waals surface area contributed by atoms with Crippen molar-refractivity contribution in [3.05, 3.63) is 48.5 Å². The first-order valence-corrected chi connectivity index (χ1v) is 18.5. The van der Waals surface area contributed by atoms with Crippen LogP contribution < -0.4 is 20.6 Å². The fraction of sp³-hybridized carbons (Fsp3) is 0.643. The normalized spacial score (nSPS) is 11.6. The number of rotatable bonds is 8. The molecule has 0 spiro atoms. The van der Waals surface area contributed by atoms with Crippen molar-refractivity contribution in [1.82, 2.24) is 9.13 Å². The fourth-order valence-electron chi connectivity index (χ4n) is 5.64. The third-order valence-corrected chi connectivity index (χ3v) is 14.4. The summed E-state index contributed by atoms with van der Waals surface area (Å²) in [5.41, 5.74) is 0. The second kappa shape index (κ2) is 19.0. The van der Waals surface area contributed by atoms with Gasteiger partial charge >= 0.3 is 26.2 Å². The smallest absolute Gasteiger partial charge is 0.857 e. The molecule has 0 aromatic heterocycles. The molecule has 0 amide bonds. The molecule has 0 heterocycles. The van der Waals surface area contributed by atoms with Gasteiger partial charge in [-0.15, -0.1) is 10.4 Å². The summed E-state index contributed by atoms with van der Waals surface area (Å²) in [6, 6.07) is 20.3. The third kappa shape index (κ3) is 11.8. The standard InChI is InChI=1S/2C13H24NSi.2CH3O.Zr/c2*1-11(2)14(12(3)4)15(5,6)13-9-7-8-10-13;2*1-2;/h2*7-12H,1-6H3;2*1H3;/q4*-1;+4. The van der Waals surface area contributed by atoms with E-state index in [2.05, 4.69) is 139 Å². The molecule has 0 aliphatic rings. The molecular formula is C28H54N2O2Si2Zr. The Morgan fingerprint density at radius 3 is 0.800 bits per heavy atom. The van der Waals surface area contributed by atoms with E-state index < -0.39 is 16.5 Å². The maximum Gasteiger partial charge on any atom is 4.00 e. The van der Waals surface area contributed by atoms with Crippen LogP contribution in [0.4, 0.5) is 0 Å². The molecule has 0 saturated carbocycles. The molecule has 0 aliphatic heterocycles. The quantitative estimate of drug-likeness (QED) is 0.343. The van der Waals surface area contributed by atoms with Crippen LogP contribution in [0.25, 0.3) is 0 Å². The molecule has 0 bridgehead atoms. The Labute approximate surface area is 239 Å². The molecule has 35 heavy (non-hydrogen) atoms. The maximum absolute atomic E-state index is 8.25. The fourth-order valence-corrected chi connectivity index (χ4v) is 13.4. The molecule has 0 aliphatic carbocycles. The van der Waals surface area contributed by atoms with Crippen LogP contribution in [0.2, 0.25) is 26.2 Å². The van der Waals surface area contributed by atoms with E-state index in [0.717, 1.165) is 14.2 Å². The second-order valence-electron chi connectivity index (χ2n) is 10.7. The zero-order valence-corrected chi connectivity index (χ0v) is 29.6. The van der Waals surface area contributed by atoms with Gasteiger partial charge in [0.25, 0.3) is 0 Å². The van der Waals surface area contributed by atoms with Crippen molar-refractivity contribution >= 4 is 26.8 Å². The van der Waals surface area contributed by atoms with Gasteiger partial charge in [0.05, 0.1) is 16.5 Å². The van der Waals surface area contributed by atoms with Gasteiger partial charge in [-0.3, -0.25) is 0 Å². The Kier molecular flexibility index (Phi) is 21.4. The second-order valence-corrected chi connectivity index (χ2v) is 19.1. The molecule has 2 aromatic rings. The average Bonchev–Trinajstić information content (AvgIpc) is 3.44. The molecule has 0 radical (unpaired) electrons. The summed E-state index contributed by atoms with van der Waals surface area (Å²) >= 11 is 0. The van der Waals surface area contributed by atoms with E-state index in [9.17, 15) is 0 Å². The van der Waals surface area contributed by atoms with Crippen molar-refractivity contribution in [2.45, 2.75) is 106 Å². The average molecular weight is 598 g/mol. The van der Waals surface area contributed by atoms with Crippen LogP contribution in [0.5, 0.6) is 0 Å². The molecule has 0 unspecified atom stereocenters. The summed E-state index contributed by atoms with van der Waals surface area (Å²) in [4.78, 5) is 0. The molecule has 0 fully saturated rings. The minimum absolute atomic E-state index is 0. The van der Waals surface area contributed by atoms with Gasteiger partial charge in [-0.1, -0.05) is 81.6 Å². The van der Waals surface area contributed by atoms with Crippen LogP contribution >= 0.6 is 0 Å². The van der Waals surface area contributed by atoms with Crippen molar-refractivity contribution in [1.29, 1.82) is 0 Å². The molecule has 0 N–H and O–H groups in total. The van der Waals surface area contributed by atoms with Crippen molar-refractivity contribution in [2.24, 2.45) is 0 Å². The molecule has 2 aromatic carbocycles. The van der Waals surface area contributed by atoms with E-state index in [1.54, 1.807) is 10.4 Å². The number of hydrogen-bond donors (Lipinski definition) is 0. The van der Waals surface area contributed by atoms with Crippen LogP contribution in [0.1, 0.15) is 55.4 Å². The SMILES string of the molecule is CC(C)N(C(C)C)[Si](C)(C)[c-]1cccc1.CC(C)N(C(C)C)[Si](C)(C)[c-]1cccc1.C[O-].C[O-].[Zr+4]. The third-order valence-electron chi connectivity index (χ3n) is 6.25. The van der Waals surface area contributed by atoms with E-state index in [1.807, 2.05) is 0 Å². The van der Waals surface area contributed by atoms with Gasteiger partial charge in [0.15, 0.2) is 0 Å². The molecule has 0 saturated heterocycles. The van der Waals surface area contributed by atoms with Gasteiger partial charge in [-0.05, 0) is 24.2 Å². The van der Waals surface area contributed by atoms with Gasteiger partial charge in [0.1, 0.15) is 0 Å². The van der Waals surface area contributed by atoms with Crippen LogP contribution in [0, 0.1) is 0 Å². The number of nitrogens with zero attached hydrogens (tertiary/aromatic N) is 2. The minimum Gasteiger partial charge on any atom is -0.857 e. The summed E-state index contributed by atoms with van der Waals surface area (Å²) in [7, 11) is -1.40. The van der Waals surface area contributed by atoms with Gasteiger partial charge < -0.3 is 19.3 Å². The van der Waals surface area contributed by atoms with Crippen molar-refractivity contribution in [3.8, 4) is 0 Å². The largest absolute Gasteiger partial charge is 4.00 e.